The van der Waals surface area contributed by atoms with Gasteiger partial charge in [0, 0.05) is 23.8 Å². The van der Waals surface area contributed by atoms with Crippen LogP contribution in [0.4, 0.5) is 5.69 Å². The number of pyridine rings is 1. The van der Waals surface area contributed by atoms with Crippen LogP contribution >= 0.6 is 0 Å². The lowest BCUT2D eigenvalue weighted by Gasteiger charge is -2.03. The Hall–Kier alpha value is -2.53. The van der Waals surface area contributed by atoms with Gasteiger partial charge in [-0.15, -0.1) is 0 Å². The lowest BCUT2D eigenvalue weighted by atomic mass is 10.1. The van der Waals surface area contributed by atoms with Crippen LogP contribution in [0.15, 0.2) is 60.8 Å². The highest BCUT2D eigenvalue weighted by Crippen LogP contribution is 2.17. The molecule has 2 nitrogen and oxygen atoms in total. The van der Waals surface area contributed by atoms with Gasteiger partial charge >= 0.3 is 0 Å². The lowest BCUT2D eigenvalue weighted by molar-refractivity contribution is 1.03. The van der Waals surface area contributed by atoms with Gasteiger partial charge in [-0.1, -0.05) is 30.3 Å². The van der Waals surface area contributed by atoms with Crippen molar-refractivity contribution in [2.45, 2.75) is 6.42 Å². The van der Waals surface area contributed by atoms with Crippen molar-refractivity contribution >= 4 is 11.2 Å². The summed E-state index contributed by atoms with van der Waals surface area (Å²) in [5.74, 6) is 0. The van der Waals surface area contributed by atoms with Crippen LogP contribution in [0.25, 0.3) is 10.4 Å². The van der Waals surface area contributed by atoms with Gasteiger partial charge < -0.3 is 4.40 Å². The lowest BCUT2D eigenvalue weighted by Crippen LogP contribution is -1.93. The largest absolute Gasteiger partial charge is 0.321 e. The van der Waals surface area contributed by atoms with E-state index in [0.29, 0.717) is 5.69 Å². The van der Waals surface area contributed by atoms with Crippen molar-refractivity contribution in [3.63, 3.8) is 0 Å². The Labute approximate surface area is 106 Å². The highest BCUT2D eigenvalue weighted by Gasteiger charge is 2.02. The first-order chi connectivity index (χ1) is 8.86. The van der Waals surface area contributed by atoms with Gasteiger partial charge in [0.2, 0.25) is 0 Å². The summed E-state index contributed by atoms with van der Waals surface area (Å²) in [6, 6.07) is 18.3. The van der Waals surface area contributed by atoms with Crippen molar-refractivity contribution in [2.75, 3.05) is 0 Å². The molecule has 0 amide bonds. The topological polar surface area (TPSA) is 8.77 Å². The molecule has 0 saturated carbocycles. The number of benzene rings is 1. The van der Waals surface area contributed by atoms with E-state index in [1.165, 1.54) is 16.8 Å². The van der Waals surface area contributed by atoms with Crippen LogP contribution in [-0.2, 0) is 6.42 Å². The minimum atomic E-state index is 0.693. The maximum Gasteiger partial charge on any atom is 0.187 e. The van der Waals surface area contributed by atoms with Gasteiger partial charge in [-0.05, 0) is 29.8 Å². The average molecular weight is 232 g/mol. The Morgan fingerprint density at radius 3 is 2.56 bits per heavy atom. The Morgan fingerprint density at radius 1 is 0.944 bits per heavy atom. The molecule has 0 fully saturated rings. The predicted molar refractivity (Wildman–Crippen MR) is 72.9 cm³/mol. The molecule has 0 unspecified atom stereocenters. The molecule has 2 heterocycles. The quantitative estimate of drug-likeness (QED) is 0.589. The SMILES string of the molecule is [C-]#[N+]c1ccc(Cc2ccc3ccccn23)cc1. The van der Waals surface area contributed by atoms with Crippen LogP contribution in [0.3, 0.4) is 0 Å². The molecule has 86 valence electrons. The summed E-state index contributed by atoms with van der Waals surface area (Å²) in [6.45, 7) is 6.94. The van der Waals surface area contributed by atoms with Crippen molar-refractivity contribution in [2.24, 2.45) is 0 Å². The third-order valence-corrected chi connectivity index (χ3v) is 3.10. The third-order valence-electron chi connectivity index (χ3n) is 3.10. The van der Waals surface area contributed by atoms with E-state index < -0.39 is 0 Å². The molecule has 0 atom stereocenters. The Kier molecular flexibility index (Phi) is 2.59. The van der Waals surface area contributed by atoms with E-state index in [4.69, 9.17) is 6.57 Å². The number of hydrogen-bond acceptors (Lipinski definition) is 0. The molecule has 3 aromatic rings. The summed E-state index contributed by atoms with van der Waals surface area (Å²) in [7, 11) is 0. The molecule has 0 aliphatic heterocycles. The fourth-order valence-electron chi connectivity index (χ4n) is 2.16. The zero-order valence-corrected chi connectivity index (χ0v) is 9.88. The molecule has 0 N–H and O–H groups in total. The number of aromatic nitrogens is 1. The molecule has 0 aliphatic carbocycles. The molecule has 0 spiro atoms. The normalized spacial score (nSPS) is 10.4. The predicted octanol–water partition coefficient (Wildman–Crippen LogP) is 4.08. The van der Waals surface area contributed by atoms with Crippen molar-refractivity contribution < 1.29 is 0 Å². The summed E-state index contributed by atoms with van der Waals surface area (Å²) < 4.78 is 2.20. The Bertz CT molecular complexity index is 715. The second-order valence-corrected chi connectivity index (χ2v) is 4.28. The van der Waals surface area contributed by atoms with Crippen molar-refractivity contribution in [1.82, 2.24) is 4.40 Å². The second kappa shape index (κ2) is 4.38. The molecule has 3 rings (SSSR count). The first-order valence-electron chi connectivity index (χ1n) is 5.88. The van der Waals surface area contributed by atoms with Gasteiger partial charge in [-0.25, -0.2) is 4.85 Å². The number of fused-ring (bicyclic) bond motifs is 1. The average Bonchev–Trinajstić information content (AvgIpc) is 2.83. The summed E-state index contributed by atoms with van der Waals surface area (Å²) in [4.78, 5) is 3.40. The smallest absolute Gasteiger partial charge is 0.187 e. The zero-order valence-electron chi connectivity index (χ0n) is 9.88. The molecule has 2 aromatic heterocycles. The summed E-state index contributed by atoms with van der Waals surface area (Å²) >= 11 is 0. The van der Waals surface area contributed by atoms with Gasteiger partial charge in [-0.3, -0.25) is 0 Å². The second-order valence-electron chi connectivity index (χ2n) is 4.28. The monoisotopic (exact) mass is 232 g/mol. The van der Waals surface area contributed by atoms with E-state index in [-0.39, 0.29) is 0 Å². The van der Waals surface area contributed by atoms with Crippen molar-refractivity contribution in [1.29, 1.82) is 0 Å². The van der Waals surface area contributed by atoms with E-state index in [0.717, 1.165) is 6.42 Å². The molecule has 18 heavy (non-hydrogen) atoms. The highest BCUT2D eigenvalue weighted by atomic mass is 14.9. The zero-order chi connectivity index (χ0) is 12.4. The van der Waals surface area contributed by atoms with Crippen molar-refractivity contribution in [3.05, 3.63) is 83.5 Å². The van der Waals surface area contributed by atoms with Crippen LogP contribution in [-0.4, -0.2) is 4.40 Å². The molecule has 0 saturated heterocycles. The Morgan fingerprint density at radius 2 is 1.78 bits per heavy atom. The van der Waals surface area contributed by atoms with Gasteiger partial charge in [0.05, 0.1) is 6.57 Å². The molecular weight excluding hydrogens is 220 g/mol. The fraction of sp³-hybridized carbons (Fsp3) is 0.0625. The maximum absolute atomic E-state index is 6.94. The fourth-order valence-corrected chi connectivity index (χ4v) is 2.16. The molecule has 1 aromatic carbocycles. The first kappa shape index (κ1) is 10.6. The summed E-state index contributed by atoms with van der Waals surface area (Å²) in [6.07, 6.45) is 2.97. The van der Waals surface area contributed by atoms with Gasteiger partial charge in [0.25, 0.3) is 0 Å². The minimum Gasteiger partial charge on any atom is -0.321 e. The van der Waals surface area contributed by atoms with Crippen LogP contribution in [0.2, 0.25) is 0 Å². The Balaban J connectivity index is 1.94. The standard InChI is InChI=1S/C16H12N2/c1-17-14-7-5-13(6-8-14)12-16-10-9-15-4-2-3-11-18(15)16/h2-11H,12H2. The van der Waals surface area contributed by atoms with E-state index in [2.05, 4.69) is 33.6 Å². The van der Waals surface area contributed by atoms with Crippen LogP contribution in [0.5, 0.6) is 0 Å². The third kappa shape index (κ3) is 1.87. The molecule has 0 bridgehead atoms. The van der Waals surface area contributed by atoms with Gasteiger partial charge in [0.15, 0.2) is 5.69 Å². The number of rotatable bonds is 2. The van der Waals surface area contributed by atoms with Crippen LogP contribution in [0, 0.1) is 6.57 Å². The molecule has 0 aliphatic rings. The molecule has 2 heteroatoms. The highest BCUT2D eigenvalue weighted by molar-refractivity contribution is 5.51. The summed E-state index contributed by atoms with van der Waals surface area (Å²) in [5, 5.41) is 0. The molecular formula is C16H12N2. The van der Waals surface area contributed by atoms with E-state index in [9.17, 15) is 0 Å². The maximum atomic E-state index is 6.94. The van der Waals surface area contributed by atoms with Gasteiger partial charge in [0.1, 0.15) is 0 Å². The van der Waals surface area contributed by atoms with Gasteiger partial charge in [-0.2, -0.15) is 0 Å². The van der Waals surface area contributed by atoms with Crippen molar-refractivity contribution in [3.8, 4) is 0 Å². The van der Waals surface area contributed by atoms with Crippen LogP contribution in [0.1, 0.15) is 11.3 Å². The van der Waals surface area contributed by atoms with E-state index in [1.807, 2.05) is 36.4 Å². The number of hydrogen-bond donors (Lipinski definition) is 0. The summed E-state index contributed by atoms with van der Waals surface area (Å²) in [5.41, 5.74) is 4.40. The first-order valence-corrected chi connectivity index (χ1v) is 5.88. The van der Waals surface area contributed by atoms with E-state index in [1.54, 1.807) is 0 Å². The minimum absolute atomic E-state index is 0.693. The molecule has 0 radical (unpaired) electrons. The van der Waals surface area contributed by atoms with E-state index >= 15 is 0 Å². The number of nitrogens with zero attached hydrogens (tertiary/aromatic N) is 2. The van der Waals surface area contributed by atoms with Crippen LogP contribution < -0.4 is 0 Å².